The van der Waals surface area contributed by atoms with E-state index in [1.165, 1.54) is 48.4 Å². The topological polar surface area (TPSA) is 47.6 Å². The molecule has 0 amide bonds. The zero-order valence-electron chi connectivity index (χ0n) is 14.7. The van der Waals surface area contributed by atoms with Gasteiger partial charge >= 0.3 is 0 Å². The van der Waals surface area contributed by atoms with Gasteiger partial charge in [0.05, 0.1) is 8.77 Å². The van der Waals surface area contributed by atoms with Gasteiger partial charge in [0.25, 0.3) is 0 Å². The van der Waals surface area contributed by atoms with Crippen LogP contribution in [0.15, 0.2) is 34.1 Å². The summed E-state index contributed by atoms with van der Waals surface area (Å²) in [6.45, 7) is 4.38. The van der Waals surface area contributed by atoms with Crippen molar-refractivity contribution >= 4 is 97.5 Å². The van der Waals surface area contributed by atoms with Gasteiger partial charge in [-0.15, -0.1) is 45.3 Å². The van der Waals surface area contributed by atoms with Crippen LogP contribution in [0, 0.1) is 31.7 Å². The summed E-state index contributed by atoms with van der Waals surface area (Å²) in [5, 5.41) is 18.1. The molecule has 4 aromatic rings. The van der Waals surface area contributed by atoms with Gasteiger partial charge in [-0.3, -0.25) is 0 Å². The average Bonchev–Trinajstić information content (AvgIpc) is 3.42. The molecule has 8 heteroatoms. The molecule has 0 N–H and O–H groups in total. The van der Waals surface area contributed by atoms with Crippen LogP contribution in [-0.2, 0) is 0 Å². The van der Waals surface area contributed by atoms with E-state index in [0.29, 0.717) is 0 Å². The second-order valence-corrected chi connectivity index (χ2v) is 13.1. The molecule has 0 unspecified atom stereocenters. The Hall–Kier alpha value is -1.52. The third-order valence-corrected chi connectivity index (χ3v) is 12.1. The average molecular weight is 471 g/mol. The molecule has 0 saturated carbocycles. The molecule has 2 nitrogen and oxygen atoms in total. The molecule has 5 heterocycles. The van der Waals surface area contributed by atoms with Crippen molar-refractivity contribution in [2.45, 2.75) is 13.8 Å². The Morgan fingerprint density at radius 3 is 1.68 bits per heavy atom. The smallest absolute Gasteiger partial charge is 0.146 e. The Kier molecular flexibility index (Phi) is 4.67. The third-order valence-electron chi connectivity index (χ3n) is 4.32. The number of hydrogen-bond donors (Lipinski definition) is 0. The van der Waals surface area contributed by atoms with Crippen molar-refractivity contribution in [2.75, 3.05) is 0 Å². The molecular formula is C20H10N2S6. The van der Waals surface area contributed by atoms with Crippen molar-refractivity contribution < 1.29 is 0 Å². The van der Waals surface area contributed by atoms with E-state index < -0.39 is 0 Å². The minimum Gasteiger partial charge on any atom is -0.192 e. The van der Waals surface area contributed by atoms with Crippen molar-refractivity contribution in [1.29, 1.82) is 10.5 Å². The highest BCUT2D eigenvalue weighted by Crippen LogP contribution is 2.49. The minimum absolute atomic E-state index is 0.194. The monoisotopic (exact) mass is 470 g/mol. The predicted molar refractivity (Wildman–Crippen MR) is 128 cm³/mol. The second-order valence-electron chi connectivity index (χ2n) is 6.10. The van der Waals surface area contributed by atoms with Crippen LogP contribution >= 0.6 is 68.9 Å². The van der Waals surface area contributed by atoms with Crippen LogP contribution in [0.25, 0.3) is 28.6 Å². The molecule has 0 bridgehead atoms. The standard InChI is InChI=1S/C20H10N2S6/c1-9-10(2)24-20(23-9)19-6-18-17(28-19)5-16(27-18)15-4-14-13(26-15)3-12(25-14)11(7-21)8-22/h3-6H,1-2H3/b16-15+. The lowest BCUT2D eigenvalue weighted by Crippen LogP contribution is -1.94. The van der Waals surface area contributed by atoms with E-state index in [0.717, 1.165) is 13.9 Å². The summed E-state index contributed by atoms with van der Waals surface area (Å²) in [5.41, 5.74) is 0.194. The zero-order chi connectivity index (χ0) is 19.4. The summed E-state index contributed by atoms with van der Waals surface area (Å²) in [6.07, 6.45) is 0. The molecule has 0 radical (unpaired) electrons. The fraction of sp³-hybridized carbons (Fsp3) is 0.100. The SMILES string of the molecule is CC1=C(C)SC(=c2cc3s/c(=c4\cc5sc(=C(C#N)C#N)cc5s4)cc3s2)S1. The second kappa shape index (κ2) is 7.07. The number of thioether (sulfide) groups is 2. The Morgan fingerprint density at radius 2 is 1.14 bits per heavy atom. The largest absolute Gasteiger partial charge is 0.192 e. The van der Waals surface area contributed by atoms with Crippen LogP contribution in [0.3, 0.4) is 0 Å². The first-order valence-corrected chi connectivity index (χ1v) is 13.1. The van der Waals surface area contributed by atoms with Gasteiger partial charge < -0.3 is 0 Å². The Morgan fingerprint density at radius 1 is 0.679 bits per heavy atom. The van der Waals surface area contributed by atoms with Gasteiger partial charge in [-0.2, -0.15) is 10.5 Å². The van der Waals surface area contributed by atoms with Crippen molar-refractivity contribution in [2.24, 2.45) is 0 Å². The molecule has 136 valence electrons. The molecule has 1 aliphatic heterocycles. The maximum absolute atomic E-state index is 9.06. The van der Waals surface area contributed by atoms with Crippen molar-refractivity contribution in [1.82, 2.24) is 0 Å². The first-order chi connectivity index (χ1) is 13.6. The van der Waals surface area contributed by atoms with Crippen LogP contribution in [0.1, 0.15) is 13.8 Å². The van der Waals surface area contributed by atoms with E-state index in [1.807, 2.05) is 64.4 Å². The van der Waals surface area contributed by atoms with Gasteiger partial charge in [-0.25, -0.2) is 0 Å². The van der Waals surface area contributed by atoms with E-state index in [4.69, 9.17) is 10.5 Å². The summed E-state index contributed by atoms with van der Waals surface area (Å²) in [6, 6.07) is 12.7. The van der Waals surface area contributed by atoms with Gasteiger partial charge in [0.1, 0.15) is 17.7 Å². The normalized spacial score (nSPS) is 15.5. The molecule has 0 atom stereocenters. The lowest BCUT2D eigenvalue weighted by molar-refractivity contribution is 1.51. The number of nitriles is 2. The summed E-state index contributed by atoms with van der Waals surface area (Å²) < 4.78 is 11.0. The third kappa shape index (κ3) is 3.05. The number of allylic oxidation sites excluding steroid dienone is 2. The first kappa shape index (κ1) is 18.5. The van der Waals surface area contributed by atoms with Crippen LogP contribution < -0.4 is 9.06 Å². The Labute approximate surface area is 185 Å². The molecule has 0 aliphatic carbocycles. The lowest BCUT2D eigenvalue weighted by Gasteiger charge is -1.90. The lowest BCUT2D eigenvalue weighted by atomic mass is 10.3. The summed E-state index contributed by atoms with van der Waals surface area (Å²) in [4.78, 5) is 2.81. The molecule has 28 heavy (non-hydrogen) atoms. The number of hydrogen-bond acceptors (Lipinski definition) is 8. The van der Waals surface area contributed by atoms with Crippen LogP contribution in [-0.4, -0.2) is 0 Å². The van der Waals surface area contributed by atoms with Gasteiger partial charge in [0, 0.05) is 32.4 Å². The van der Waals surface area contributed by atoms with Crippen molar-refractivity contribution in [3.63, 3.8) is 0 Å². The maximum Gasteiger partial charge on any atom is 0.146 e. The van der Waals surface area contributed by atoms with Crippen LogP contribution in [0.5, 0.6) is 0 Å². The Bertz CT molecular complexity index is 1500. The molecule has 1 aliphatic rings. The maximum atomic E-state index is 9.06. The number of fused-ring (bicyclic) bond motifs is 2. The quantitative estimate of drug-likeness (QED) is 0.293. The van der Waals surface area contributed by atoms with Gasteiger partial charge in [0.15, 0.2) is 0 Å². The number of nitrogens with zero attached hydrogens (tertiary/aromatic N) is 2. The Balaban J connectivity index is 1.65. The minimum atomic E-state index is 0.194. The highest BCUT2D eigenvalue weighted by molar-refractivity contribution is 8.35. The van der Waals surface area contributed by atoms with E-state index >= 15 is 0 Å². The van der Waals surface area contributed by atoms with E-state index in [9.17, 15) is 0 Å². The summed E-state index contributed by atoms with van der Waals surface area (Å²) >= 11 is 10.7. The molecule has 0 aromatic carbocycles. The van der Waals surface area contributed by atoms with Crippen LogP contribution in [0.4, 0.5) is 0 Å². The van der Waals surface area contributed by atoms with E-state index in [2.05, 4.69) is 32.0 Å². The highest BCUT2D eigenvalue weighted by atomic mass is 32.2. The summed E-state index contributed by atoms with van der Waals surface area (Å²) in [5.74, 6) is 0. The van der Waals surface area contributed by atoms with Gasteiger partial charge in [-0.1, -0.05) is 23.5 Å². The fourth-order valence-corrected chi connectivity index (χ4v) is 10.3. The first-order valence-electron chi connectivity index (χ1n) is 8.21. The number of rotatable bonds is 0. The predicted octanol–water partition coefficient (Wildman–Crippen LogP) is 6.52. The molecule has 0 saturated heterocycles. The molecule has 5 rings (SSSR count). The van der Waals surface area contributed by atoms with Gasteiger partial charge in [-0.05, 0) is 47.9 Å². The molecule has 4 aromatic heterocycles. The van der Waals surface area contributed by atoms with Gasteiger partial charge in [0.2, 0.25) is 0 Å². The van der Waals surface area contributed by atoms with E-state index in [1.54, 1.807) is 11.3 Å². The highest BCUT2D eigenvalue weighted by Gasteiger charge is 2.16. The fourth-order valence-electron chi connectivity index (χ4n) is 2.82. The zero-order valence-corrected chi connectivity index (χ0v) is 19.6. The molecule has 0 fully saturated rings. The summed E-state index contributed by atoms with van der Waals surface area (Å²) in [7, 11) is 0. The van der Waals surface area contributed by atoms with Crippen LogP contribution in [0.2, 0.25) is 0 Å². The van der Waals surface area contributed by atoms with Crippen molar-refractivity contribution in [3.8, 4) is 12.1 Å². The van der Waals surface area contributed by atoms with E-state index in [-0.39, 0.29) is 5.57 Å². The molecular weight excluding hydrogens is 461 g/mol. The van der Waals surface area contributed by atoms with Crippen molar-refractivity contribution in [3.05, 3.63) is 52.2 Å². The molecule has 0 spiro atoms. The number of thiophene rings is 4.